The molecule has 0 saturated carbocycles. The van der Waals surface area contributed by atoms with Crippen LogP contribution in [0, 0.1) is 0 Å². The second kappa shape index (κ2) is 6.26. The smallest absolute Gasteiger partial charge is 0.257 e. The third-order valence-corrected chi connectivity index (χ3v) is 4.71. The lowest BCUT2D eigenvalue weighted by Gasteiger charge is -2.24. The van der Waals surface area contributed by atoms with Crippen LogP contribution in [0.15, 0.2) is 38.7 Å². The number of aromatic nitrogens is 2. The van der Waals surface area contributed by atoms with Crippen LogP contribution in [-0.2, 0) is 4.79 Å². The number of carbonyl (C=O) groups is 1. The zero-order chi connectivity index (χ0) is 15.7. The maximum absolute atomic E-state index is 12.5. The molecule has 1 aliphatic rings. The van der Waals surface area contributed by atoms with Gasteiger partial charge in [0.05, 0.1) is 5.56 Å². The molecule has 0 radical (unpaired) electrons. The highest BCUT2D eigenvalue weighted by atomic mass is 79.9. The van der Waals surface area contributed by atoms with E-state index in [1.165, 1.54) is 11.8 Å². The van der Waals surface area contributed by atoms with E-state index in [1.54, 1.807) is 0 Å². The summed E-state index contributed by atoms with van der Waals surface area (Å²) in [5.41, 5.74) is 1.26. The van der Waals surface area contributed by atoms with E-state index in [-0.39, 0.29) is 23.8 Å². The number of nitrogens with zero attached hydrogens (tertiary/aromatic N) is 1. The fraction of sp³-hybridized carbons (Fsp3) is 0.267. The fourth-order valence-corrected chi connectivity index (χ4v) is 3.57. The highest BCUT2D eigenvalue weighted by molar-refractivity contribution is 9.10. The van der Waals surface area contributed by atoms with Crippen LogP contribution in [0.2, 0.25) is 0 Å². The van der Waals surface area contributed by atoms with Crippen molar-refractivity contribution in [3.63, 3.8) is 0 Å². The Hall–Kier alpha value is -1.60. The summed E-state index contributed by atoms with van der Waals surface area (Å²) in [5.74, 6) is 0.771. The van der Waals surface area contributed by atoms with Crippen molar-refractivity contribution >= 4 is 39.4 Å². The van der Waals surface area contributed by atoms with Crippen LogP contribution in [-0.4, -0.2) is 21.6 Å². The van der Waals surface area contributed by atoms with Gasteiger partial charge in [0.1, 0.15) is 5.82 Å². The molecule has 0 unspecified atom stereocenters. The first kappa shape index (κ1) is 15.3. The Morgan fingerprint density at radius 3 is 2.95 bits per heavy atom. The van der Waals surface area contributed by atoms with Gasteiger partial charge in [-0.05, 0) is 23.4 Å². The van der Waals surface area contributed by atoms with Gasteiger partial charge in [-0.25, -0.2) is 4.98 Å². The lowest BCUT2D eigenvalue weighted by Crippen LogP contribution is -2.31. The van der Waals surface area contributed by atoms with Gasteiger partial charge in [-0.15, -0.1) is 0 Å². The van der Waals surface area contributed by atoms with E-state index in [0.29, 0.717) is 16.5 Å². The number of aromatic amines is 1. The number of hydrogen-bond acceptors (Lipinski definition) is 4. The van der Waals surface area contributed by atoms with E-state index in [2.05, 4.69) is 31.2 Å². The van der Waals surface area contributed by atoms with Crippen LogP contribution in [0.4, 0.5) is 5.82 Å². The Morgan fingerprint density at radius 1 is 1.41 bits per heavy atom. The van der Waals surface area contributed by atoms with Crippen LogP contribution >= 0.6 is 27.7 Å². The second-order valence-electron chi connectivity index (χ2n) is 4.93. The van der Waals surface area contributed by atoms with Gasteiger partial charge in [-0.3, -0.25) is 9.59 Å². The van der Waals surface area contributed by atoms with Crippen molar-refractivity contribution in [3.8, 4) is 0 Å². The number of amides is 1. The Labute approximate surface area is 140 Å². The fourth-order valence-electron chi connectivity index (χ4n) is 2.56. The first-order valence-corrected chi connectivity index (χ1v) is 8.68. The lowest BCUT2D eigenvalue weighted by atomic mass is 9.87. The highest BCUT2D eigenvalue weighted by Gasteiger charge is 2.30. The van der Waals surface area contributed by atoms with Crippen molar-refractivity contribution in [3.05, 3.63) is 50.2 Å². The zero-order valence-electron chi connectivity index (χ0n) is 11.9. The Morgan fingerprint density at radius 2 is 2.23 bits per heavy atom. The summed E-state index contributed by atoms with van der Waals surface area (Å²) in [6.07, 6.45) is 0.245. The van der Waals surface area contributed by atoms with Crippen LogP contribution in [0.3, 0.4) is 0 Å². The standard InChI is InChI=1S/C15H14BrN3O2S/c1-2-22-15-18-13-12(14(21)19-15)10(7-11(20)17-13)8-4-3-5-9(16)6-8/h3-6,10H,2,7H2,1H3,(H2,17,18,19,20,21)/t10-/m0/s1. The van der Waals surface area contributed by atoms with Gasteiger partial charge < -0.3 is 10.3 Å². The number of carbonyl (C=O) groups excluding carboxylic acids is 1. The quantitative estimate of drug-likeness (QED) is 0.634. The van der Waals surface area contributed by atoms with Crippen molar-refractivity contribution in [1.29, 1.82) is 0 Å². The molecule has 1 amide bonds. The maximum atomic E-state index is 12.5. The van der Waals surface area contributed by atoms with E-state index in [0.717, 1.165) is 15.8 Å². The molecular weight excluding hydrogens is 366 g/mol. The minimum absolute atomic E-state index is 0.122. The van der Waals surface area contributed by atoms with Gasteiger partial charge in [0.25, 0.3) is 5.56 Å². The van der Waals surface area contributed by atoms with Gasteiger partial charge in [0.15, 0.2) is 5.16 Å². The normalized spacial score (nSPS) is 17.0. The highest BCUT2D eigenvalue weighted by Crippen LogP contribution is 2.35. The average molecular weight is 380 g/mol. The van der Waals surface area contributed by atoms with Crippen LogP contribution in [0.25, 0.3) is 0 Å². The molecule has 2 heterocycles. The molecule has 0 saturated heterocycles. The first-order valence-electron chi connectivity index (χ1n) is 6.90. The monoisotopic (exact) mass is 379 g/mol. The van der Waals surface area contributed by atoms with Gasteiger partial charge in [0, 0.05) is 16.8 Å². The van der Waals surface area contributed by atoms with E-state index in [9.17, 15) is 9.59 Å². The molecule has 1 atom stereocenters. The number of halogens is 1. The molecule has 5 nitrogen and oxygen atoms in total. The molecule has 1 aromatic carbocycles. The van der Waals surface area contributed by atoms with Gasteiger partial charge in [-0.1, -0.05) is 46.7 Å². The number of fused-ring (bicyclic) bond motifs is 1. The van der Waals surface area contributed by atoms with Crippen LogP contribution < -0.4 is 10.9 Å². The Kier molecular flexibility index (Phi) is 4.35. The summed E-state index contributed by atoms with van der Waals surface area (Å²) >= 11 is 4.87. The molecule has 2 aromatic rings. The molecule has 114 valence electrons. The number of benzene rings is 1. The minimum atomic E-state index is -0.279. The van der Waals surface area contributed by atoms with Crippen molar-refractivity contribution in [2.75, 3.05) is 11.1 Å². The van der Waals surface area contributed by atoms with Gasteiger partial charge in [0.2, 0.25) is 5.91 Å². The summed E-state index contributed by atoms with van der Waals surface area (Å²) in [5, 5.41) is 3.25. The van der Waals surface area contributed by atoms with Crippen molar-refractivity contribution in [1.82, 2.24) is 9.97 Å². The molecule has 1 aromatic heterocycles. The van der Waals surface area contributed by atoms with Crippen molar-refractivity contribution in [2.24, 2.45) is 0 Å². The van der Waals surface area contributed by atoms with E-state index >= 15 is 0 Å². The SMILES string of the molecule is CCSc1nc2c(c(=O)[nH]1)[C@H](c1cccc(Br)c1)CC(=O)N2. The molecule has 1 aliphatic heterocycles. The molecular formula is C15H14BrN3O2S. The molecule has 0 aliphatic carbocycles. The number of anilines is 1. The predicted molar refractivity (Wildman–Crippen MR) is 90.5 cm³/mol. The molecule has 2 N–H and O–H groups in total. The van der Waals surface area contributed by atoms with Gasteiger partial charge >= 0.3 is 0 Å². The van der Waals surface area contributed by atoms with E-state index < -0.39 is 0 Å². The molecule has 22 heavy (non-hydrogen) atoms. The Bertz CT molecular complexity index is 791. The largest absolute Gasteiger partial charge is 0.310 e. The van der Waals surface area contributed by atoms with Crippen molar-refractivity contribution < 1.29 is 4.79 Å². The molecule has 0 fully saturated rings. The third-order valence-electron chi connectivity index (χ3n) is 3.46. The molecule has 0 spiro atoms. The number of nitrogens with one attached hydrogen (secondary N) is 2. The number of rotatable bonds is 3. The van der Waals surface area contributed by atoms with Gasteiger partial charge in [-0.2, -0.15) is 0 Å². The summed E-state index contributed by atoms with van der Waals surface area (Å²) in [6, 6.07) is 7.67. The minimum Gasteiger partial charge on any atom is -0.310 e. The average Bonchev–Trinajstić information content (AvgIpc) is 2.46. The summed E-state index contributed by atoms with van der Waals surface area (Å²) in [6.45, 7) is 1.98. The summed E-state index contributed by atoms with van der Waals surface area (Å²) < 4.78 is 0.917. The zero-order valence-corrected chi connectivity index (χ0v) is 14.3. The predicted octanol–water partition coefficient (Wildman–Crippen LogP) is 3.12. The Balaban J connectivity index is 2.13. The first-order chi connectivity index (χ1) is 10.6. The van der Waals surface area contributed by atoms with E-state index in [1.807, 2.05) is 31.2 Å². The summed E-state index contributed by atoms with van der Waals surface area (Å²) in [4.78, 5) is 31.6. The molecule has 3 rings (SSSR count). The molecule has 0 bridgehead atoms. The van der Waals surface area contributed by atoms with E-state index in [4.69, 9.17) is 0 Å². The summed E-state index contributed by atoms with van der Waals surface area (Å²) in [7, 11) is 0. The molecule has 7 heteroatoms. The number of thioether (sulfide) groups is 1. The van der Waals surface area contributed by atoms with Crippen LogP contribution in [0.1, 0.15) is 30.4 Å². The second-order valence-corrected chi connectivity index (χ2v) is 7.09. The topological polar surface area (TPSA) is 74.8 Å². The maximum Gasteiger partial charge on any atom is 0.257 e. The number of hydrogen-bond donors (Lipinski definition) is 2. The number of H-pyrrole nitrogens is 1. The lowest BCUT2D eigenvalue weighted by molar-refractivity contribution is -0.116. The van der Waals surface area contributed by atoms with Crippen LogP contribution in [0.5, 0.6) is 0 Å². The third kappa shape index (κ3) is 2.96. The van der Waals surface area contributed by atoms with Crippen molar-refractivity contribution in [2.45, 2.75) is 24.4 Å².